The summed E-state index contributed by atoms with van der Waals surface area (Å²) in [5.41, 5.74) is 0.936. The third-order valence-corrected chi connectivity index (χ3v) is 5.80. The van der Waals surface area contributed by atoms with E-state index in [1.54, 1.807) is 6.20 Å². The van der Waals surface area contributed by atoms with Crippen LogP contribution in [0, 0.1) is 11.8 Å². The number of rotatable bonds is 6. The number of aromatic nitrogens is 1. The van der Waals surface area contributed by atoms with Crippen LogP contribution in [0.15, 0.2) is 18.3 Å². The predicted molar refractivity (Wildman–Crippen MR) is 124 cm³/mol. The SMILES string of the molecule is CC(C)(C)OC1CC(Oc2ccc(C#CCCOC3CCN(C(C)(C)C)CC3)nc2)C1. The van der Waals surface area contributed by atoms with Crippen LogP contribution in [-0.2, 0) is 9.47 Å². The Morgan fingerprint density at radius 2 is 1.71 bits per heavy atom. The molecule has 1 aromatic heterocycles. The van der Waals surface area contributed by atoms with Crippen molar-refractivity contribution >= 4 is 0 Å². The van der Waals surface area contributed by atoms with E-state index in [9.17, 15) is 0 Å². The van der Waals surface area contributed by atoms with Crippen molar-refractivity contribution in [2.75, 3.05) is 19.7 Å². The zero-order chi connectivity index (χ0) is 22.5. The van der Waals surface area contributed by atoms with Crippen molar-refractivity contribution in [2.45, 2.75) is 103 Å². The third-order valence-electron chi connectivity index (χ3n) is 5.80. The molecule has 0 atom stereocenters. The minimum Gasteiger partial charge on any atom is -0.489 e. The zero-order valence-corrected chi connectivity index (χ0v) is 20.2. The van der Waals surface area contributed by atoms with Crippen LogP contribution in [0.1, 0.15) is 79.3 Å². The van der Waals surface area contributed by atoms with E-state index in [0.717, 1.165) is 56.6 Å². The molecule has 3 rings (SSSR count). The van der Waals surface area contributed by atoms with Gasteiger partial charge in [-0.05, 0) is 72.4 Å². The molecule has 2 fully saturated rings. The van der Waals surface area contributed by atoms with Crippen LogP contribution >= 0.6 is 0 Å². The van der Waals surface area contributed by atoms with Crippen LogP contribution in [0.4, 0.5) is 0 Å². The molecule has 0 spiro atoms. The molecule has 5 heteroatoms. The summed E-state index contributed by atoms with van der Waals surface area (Å²) in [6, 6.07) is 3.88. The van der Waals surface area contributed by atoms with E-state index in [1.165, 1.54) is 0 Å². The lowest BCUT2D eigenvalue weighted by Gasteiger charge is -2.40. The lowest BCUT2D eigenvalue weighted by atomic mass is 9.91. The van der Waals surface area contributed by atoms with Gasteiger partial charge in [0.05, 0.1) is 30.6 Å². The van der Waals surface area contributed by atoms with Crippen LogP contribution in [0.3, 0.4) is 0 Å². The van der Waals surface area contributed by atoms with E-state index >= 15 is 0 Å². The Kier molecular flexibility index (Phi) is 8.02. The first-order valence-corrected chi connectivity index (χ1v) is 11.7. The van der Waals surface area contributed by atoms with E-state index in [0.29, 0.717) is 18.8 Å². The maximum Gasteiger partial charge on any atom is 0.138 e. The third kappa shape index (κ3) is 8.11. The maximum absolute atomic E-state index is 6.02. The lowest BCUT2D eigenvalue weighted by molar-refractivity contribution is -0.126. The van der Waals surface area contributed by atoms with Gasteiger partial charge in [0.1, 0.15) is 17.5 Å². The van der Waals surface area contributed by atoms with Gasteiger partial charge in [-0.25, -0.2) is 4.98 Å². The lowest BCUT2D eigenvalue weighted by Crippen LogP contribution is -2.47. The molecular formula is C26H40N2O3. The number of nitrogens with zero attached hydrogens (tertiary/aromatic N) is 2. The Labute approximate surface area is 188 Å². The maximum atomic E-state index is 6.02. The minimum atomic E-state index is -0.0909. The molecule has 172 valence electrons. The van der Waals surface area contributed by atoms with Crippen molar-refractivity contribution in [1.29, 1.82) is 0 Å². The van der Waals surface area contributed by atoms with Crippen LogP contribution in [0.5, 0.6) is 5.75 Å². The molecule has 2 heterocycles. The zero-order valence-electron chi connectivity index (χ0n) is 20.2. The van der Waals surface area contributed by atoms with Gasteiger partial charge < -0.3 is 14.2 Å². The molecule has 1 aromatic rings. The van der Waals surface area contributed by atoms with E-state index in [4.69, 9.17) is 14.2 Å². The summed E-state index contributed by atoms with van der Waals surface area (Å²) >= 11 is 0. The van der Waals surface area contributed by atoms with Crippen molar-refractivity contribution in [3.8, 4) is 17.6 Å². The highest BCUT2D eigenvalue weighted by atomic mass is 16.5. The number of piperidine rings is 1. The monoisotopic (exact) mass is 428 g/mol. The molecule has 0 bridgehead atoms. The fourth-order valence-electron chi connectivity index (χ4n) is 4.05. The van der Waals surface area contributed by atoms with E-state index < -0.39 is 0 Å². The summed E-state index contributed by atoms with van der Waals surface area (Å²) in [5.74, 6) is 7.11. The van der Waals surface area contributed by atoms with Gasteiger partial charge >= 0.3 is 0 Å². The highest BCUT2D eigenvalue weighted by molar-refractivity contribution is 5.31. The average Bonchev–Trinajstić information content (AvgIpc) is 2.66. The van der Waals surface area contributed by atoms with Crippen molar-refractivity contribution in [2.24, 2.45) is 0 Å². The van der Waals surface area contributed by atoms with Gasteiger partial charge in [-0.1, -0.05) is 5.92 Å². The Balaban J connectivity index is 1.31. The van der Waals surface area contributed by atoms with Gasteiger partial charge in [0, 0.05) is 37.9 Å². The smallest absolute Gasteiger partial charge is 0.138 e. The van der Waals surface area contributed by atoms with Gasteiger partial charge in [-0.3, -0.25) is 4.90 Å². The molecule has 31 heavy (non-hydrogen) atoms. The minimum absolute atomic E-state index is 0.0909. The molecule has 0 amide bonds. The van der Waals surface area contributed by atoms with E-state index in [2.05, 4.69) is 63.3 Å². The van der Waals surface area contributed by atoms with E-state index in [-0.39, 0.29) is 17.2 Å². The first-order chi connectivity index (χ1) is 14.6. The summed E-state index contributed by atoms with van der Waals surface area (Å²) < 4.78 is 18.0. The Hall–Kier alpha value is -1.61. The molecule has 0 radical (unpaired) electrons. The first-order valence-electron chi connectivity index (χ1n) is 11.7. The number of hydrogen-bond donors (Lipinski definition) is 0. The summed E-state index contributed by atoms with van der Waals surface area (Å²) in [5, 5.41) is 0. The van der Waals surface area contributed by atoms with Gasteiger partial charge in [0.25, 0.3) is 0 Å². The average molecular weight is 429 g/mol. The van der Waals surface area contributed by atoms with Crippen molar-refractivity contribution < 1.29 is 14.2 Å². The second kappa shape index (κ2) is 10.3. The van der Waals surface area contributed by atoms with Gasteiger partial charge in [0.15, 0.2) is 0 Å². The molecule has 2 aliphatic rings. The molecule has 1 saturated carbocycles. The molecule has 0 aromatic carbocycles. The largest absolute Gasteiger partial charge is 0.489 e. The summed E-state index contributed by atoms with van der Waals surface area (Å²) in [6.07, 6.45) is 7.49. The summed E-state index contributed by atoms with van der Waals surface area (Å²) in [6.45, 7) is 16.0. The van der Waals surface area contributed by atoms with Crippen LogP contribution < -0.4 is 4.74 Å². The fraction of sp³-hybridized carbons (Fsp3) is 0.731. The van der Waals surface area contributed by atoms with Crippen molar-refractivity contribution in [3.05, 3.63) is 24.0 Å². The normalized spacial score (nSPS) is 23.0. The van der Waals surface area contributed by atoms with Crippen molar-refractivity contribution in [1.82, 2.24) is 9.88 Å². The molecular weight excluding hydrogens is 388 g/mol. The van der Waals surface area contributed by atoms with Gasteiger partial charge in [0.2, 0.25) is 0 Å². The quantitative estimate of drug-likeness (QED) is 0.480. The molecule has 0 unspecified atom stereocenters. The second-order valence-corrected chi connectivity index (χ2v) is 10.7. The number of ether oxygens (including phenoxy) is 3. The molecule has 1 aliphatic carbocycles. The van der Waals surface area contributed by atoms with E-state index in [1.807, 2.05) is 12.1 Å². The Morgan fingerprint density at radius 1 is 1.00 bits per heavy atom. The van der Waals surface area contributed by atoms with Gasteiger partial charge in [-0.15, -0.1) is 0 Å². The predicted octanol–water partition coefficient (Wildman–Crippen LogP) is 4.83. The van der Waals surface area contributed by atoms with Crippen LogP contribution in [0.2, 0.25) is 0 Å². The molecule has 0 N–H and O–H groups in total. The van der Waals surface area contributed by atoms with Crippen molar-refractivity contribution in [3.63, 3.8) is 0 Å². The first kappa shape index (κ1) is 24.0. The van der Waals surface area contributed by atoms with Crippen LogP contribution in [0.25, 0.3) is 0 Å². The number of likely N-dealkylation sites (tertiary alicyclic amines) is 1. The van der Waals surface area contributed by atoms with Crippen LogP contribution in [-0.4, -0.2) is 59.0 Å². The summed E-state index contributed by atoms with van der Waals surface area (Å²) in [4.78, 5) is 6.95. The molecule has 1 saturated heterocycles. The van der Waals surface area contributed by atoms with Gasteiger partial charge in [-0.2, -0.15) is 0 Å². The number of pyridine rings is 1. The number of hydrogen-bond acceptors (Lipinski definition) is 5. The fourth-order valence-corrected chi connectivity index (χ4v) is 4.05. The summed E-state index contributed by atoms with van der Waals surface area (Å²) in [7, 11) is 0. The Bertz CT molecular complexity index is 738. The standard InChI is InChI=1S/C26H40N2O3/c1-25(2,3)28-14-12-21(13-15-28)29-16-8-7-9-20-10-11-22(19-27-20)30-23-17-24(18-23)31-26(4,5)6/h10-11,19,21,23-24H,8,12-18H2,1-6H3. The molecule has 1 aliphatic heterocycles. The topological polar surface area (TPSA) is 43.8 Å². The highest BCUT2D eigenvalue weighted by Crippen LogP contribution is 2.31. The second-order valence-electron chi connectivity index (χ2n) is 10.7. The molecule has 5 nitrogen and oxygen atoms in total. The highest BCUT2D eigenvalue weighted by Gasteiger charge is 2.34. The Morgan fingerprint density at radius 3 is 2.29 bits per heavy atom.